The van der Waals surface area contributed by atoms with Crippen molar-refractivity contribution < 1.29 is 4.74 Å². The van der Waals surface area contributed by atoms with Crippen LogP contribution in [-0.4, -0.2) is 29.3 Å². The largest absolute Gasteiger partial charge is 0.382 e. The number of nitrogens with one attached hydrogen (secondary N) is 1. The fourth-order valence-corrected chi connectivity index (χ4v) is 2.79. The molecule has 0 spiro atoms. The first-order chi connectivity index (χ1) is 9.40. The van der Waals surface area contributed by atoms with Gasteiger partial charge in [-0.15, -0.1) is 0 Å². The Morgan fingerprint density at radius 1 is 1.37 bits per heavy atom. The molecule has 0 aromatic carbocycles. The summed E-state index contributed by atoms with van der Waals surface area (Å²) in [5, 5.41) is 3.41. The fourth-order valence-electron chi connectivity index (χ4n) is 2.79. The molecule has 0 atom stereocenters. The van der Waals surface area contributed by atoms with Crippen molar-refractivity contribution in [1.82, 2.24) is 9.55 Å². The normalized spacial score (nSPS) is 16.7. The third-order valence-corrected chi connectivity index (χ3v) is 3.85. The van der Waals surface area contributed by atoms with E-state index < -0.39 is 0 Å². The maximum Gasteiger partial charge on any atom is 0.202 e. The first-order valence-corrected chi connectivity index (χ1v) is 7.73. The molecule has 4 heteroatoms. The van der Waals surface area contributed by atoms with Gasteiger partial charge in [-0.05, 0) is 32.1 Å². The Morgan fingerprint density at radius 2 is 2.21 bits per heavy atom. The van der Waals surface area contributed by atoms with Crippen molar-refractivity contribution in [2.75, 3.05) is 25.1 Å². The lowest BCUT2D eigenvalue weighted by Gasteiger charge is -2.22. The number of ether oxygens (including phenoxy) is 1. The van der Waals surface area contributed by atoms with Gasteiger partial charge in [-0.2, -0.15) is 0 Å². The molecule has 1 aromatic rings. The van der Waals surface area contributed by atoms with Gasteiger partial charge in [0.15, 0.2) is 0 Å². The Hall–Kier alpha value is -1.03. The van der Waals surface area contributed by atoms with Crippen LogP contribution in [0.1, 0.15) is 45.4 Å². The molecule has 0 radical (unpaired) electrons. The van der Waals surface area contributed by atoms with Gasteiger partial charge in [0.2, 0.25) is 5.95 Å². The van der Waals surface area contributed by atoms with Crippen LogP contribution in [0.4, 0.5) is 5.95 Å². The zero-order valence-electron chi connectivity index (χ0n) is 12.1. The Kier molecular flexibility index (Phi) is 6.21. The topological polar surface area (TPSA) is 39.1 Å². The van der Waals surface area contributed by atoms with E-state index in [1.165, 1.54) is 32.1 Å². The Morgan fingerprint density at radius 3 is 3.00 bits per heavy atom. The van der Waals surface area contributed by atoms with Crippen molar-refractivity contribution in [2.24, 2.45) is 5.92 Å². The molecule has 1 aromatic heterocycles. The van der Waals surface area contributed by atoms with E-state index in [4.69, 9.17) is 4.74 Å². The average Bonchev–Trinajstić information content (AvgIpc) is 2.87. The van der Waals surface area contributed by atoms with E-state index in [0.717, 1.165) is 44.6 Å². The molecule has 108 valence electrons. The second kappa shape index (κ2) is 8.20. The van der Waals surface area contributed by atoms with Crippen LogP contribution in [0.2, 0.25) is 0 Å². The highest BCUT2D eigenvalue weighted by atomic mass is 16.5. The number of imidazole rings is 1. The molecule has 1 N–H and O–H groups in total. The van der Waals surface area contributed by atoms with Crippen molar-refractivity contribution >= 4 is 5.95 Å². The van der Waals surface area contributed by atoms with Crippen molar-refractivity contribution in [3.8, 4) is 0 Å². The average molecular weight is 265 g/mol. The molecule has 1 aliphatic rings. The summed E-state index contributed by atoms with van der Waals surface area (Å²) in [6, 6.07) is 0. The molecule has 2 rings (SSSR count). The van der Waals surface area contributed by atoms with Gasteiger partial charge >= 0.3 is 0 Å². The Bertz CT molecular complexity index is 345. The SMILES string of the molecule is CCOCCCNc1nccn1CC1CCCCC1. The third-order valence-electron chi connectivity index (χ3n) is 3.85. The molecule has 4 nitrogen and oxygen atoms in total. The van der Waals surface area contributed by atoms with E-state index in [2.05, 4.69) is 21.1 Å². The molecule has 0 bridgehead atoms. The van der Waals surface area contributed by atoms with Gasteiger partial charge in [-0.1, -0.05) is 19.3 Å². The maximum absolute atomic E-state index is 5.34. The minimum Gasteiger partial charge on any atom is -0.382 e. The molecule has 1 fully saturated rings. The summed E-state index contributed by atoms with van der Waals surface area (Å²) in [7, 11) is 0. The second-order valence-corrected chi connectivity index (χ2v) is 5.38. The standard InChI is InChI=1S/C15H27N3O/c1-2-19-12-6-9-16-15-17-10-11-18(15)13-14-7-4-3-5-8-14/h10-11,14H,2-9,12-13H2,1H3,(H,16,17). The first-order valence-electron chi connectivity index (χ1n) is 7.73. The van der Waals surface area contributed by atoms with E-state index in [-0.39, 0.29) is 0 Å². The number of nitrogens with zero attached hydrogens (tertiary/aromatic N) is 2. The number of anilines is 1. The van der Waals surface area contributed by atoms with Crippen molar-refractivity contribution in [1.29, 1.82) is 0 Å². The highest BCUT2D eigenvalue weighted by Crippen LogP contribution is 2.25. The molecule has 1 aliphatic carbocycles. The Balaban J connectivity index is 1.73. The van der Waals surface area contributed by atoms with Crippen molar-refractivity contribution in [2.45, 2.75) is 52.0 Å². The summed E-state index contributed by atoms with van der Waals surface area (Å²) in [6.07, 6.45) is 12.0. The van der Waals surface area contributed by atoms with Crippen LogP contribution in [-0.2, 0) is 11.3 Å². The highest BCUT2D eigenvalue weighted by molar-refractivity contribution is 5.25. The zero-order chi connectivity index (χ0) is 13.3. The number of aromatic nitrogens is 2. The van der Waals surface area contributed by atoms with Gasteiger partial charge < -0.3 is 14.6 Å². The summed E-state index contributed by atoms with van der Waals surface area (Å²) < 4.78 is 7.61. The van der Waals surface area contributed by atoms with Gasteiger partial charge in [-0.3, -0.25) is 0 Å². The smallest absolute Gasteiger partial charge is 0.202 e. The van der Waals surface area contributed by atoms with Crippen molar-refractivity contribution in [3.63, 3.8) is 0 Å². The molecule has 0 saturated heterocycles. The number of hydrogen-bond donors (Lipinski definition) is 1. The van der Waals surface area contributed by atoms with Gasteiger partial charge in [0.05, 0.1) is 0 Å². The second-order valence-electron chi connectivity index (χ2n) is 5.38. The molecule has 1 heterocycles. The third kappa shape index (κ3) is 4.86. The van der Waals surface area contributed by atoms with E-state index >= 15 is 0 Å². The van der Waals surface area contributed by atoms with E-state index in [1.54, 1.807) is 0 Å². The zero-order valence-corrected chi connectivity index (χ0v) is 12.1. The van der Waals surface area contributed by atoms with E-state index in [1.807, 2.05) is 13.1 Å². The number of rotatable bonds is 8. The first kappa shape index (κ1) is 14.4. The molecule has 1 saturated carbocycles. The monoisotopic (exact) mass is 265 g/mol. The molecule has 0 unspecified atom stereocenters. The summed E-state index contributed by atoms with van der Waals surface area (Å²) in [4.78, 5) is 4.41. The molecular weight excluding hydrogens is 238 g/mol. The van der Waals surface area contributed by atoms with E-state index in [0.29, 0.717) is 0 Å². The van der Waals surface area contributed by atoms with Gasteiger partial charge in [0.25, 0.3) is 0 Å². The number of hydrogen-bond acceptors (Lipinski definition) is 3. The predicted octanol–water partition coefficient (Wildman–Crippen LogP) is 3.30. The highest BCUT2D eigenvalue weighted by Gasteiger charge is 2.15. The minimum absolute atomic E-state index is 0.802. The molecule has 0 aliphatic heterocycles. The lowest BCUT2D eigenvalue weighted by Crippen LogP contribution is -2.16. The van der Waals surface area contributed by atoms with Gasteiger partial charge in [-0.25, -0.2) is 4.98 Å². The molecule has 19 heavy (non-hydrogen) atoms. The van der Waals surface area contributed by atoms with Crippen LogP contribution in [0.3, 0.4) is 0 Å². The summed E-state index contributed by atoms with van der Waals surface area (Å²) in [5.41, 5.74) is 0. The van der Waals surface area contributed by atoms with Crippen LogP contribution >= 0.6 is 0 Å². The van der Waals surface area contributed by atoms with Crippen LogP contribution in [0, 0.1) is 5.92 Å². The van der Waals surface area contributed by atoms with E-state index in [9.17, 15) is 0 Å². The van der Waals surface area contributed by atoms with Crippen LogP contribution in [0.15, 0.2) is 12.4 Å². The van der Waals surface area contributed by atoms with Gasteiger partial charge in [0.1, 0.15) is 0 Å². The molecule has 0 amide bonds. The predicted molar refractivity (Wildman–Crippen MR) is 78.4 cm³/mol. The van der Waals surface area contributed by atoms with Crippen molar-refractivity contribution in [3.05, 3.63) is 12.4 Å². The summed E-state index contributed by atoms with van der Waals surface area (Å²) in [6.45, 7) is 5.71. The lowest BCUT2D eigenvalue weighted by atomic mass is 9.89. The lowest BCUT2D eigenvalue weighted by molar-refractivity contribution is 0.147. The Labute approximate surface area is 116 Å². The van der Waals surface area contributed by atoms with Gasteiger partial charge in [0, 0.05) is 38.7 Å². The summed E-state index contributed by atoms with van der Waals surface area (Å²) in [5.74, 6) is 1.86. The van der Waals surface area contributed by atoms with Crippen LogP contribution < -0.4 is 5.32 Å². The fraction of sp³-hybridized carbons (Fsp3) is 0.800. The van der Waals surface area contributed by atoms with Crippen LogP contribution in [0.5, 0.6) is 0 Å². The summed E-state index contributed by atoms with van der Waals surface area (Å²) >= 11 is 0. The maximum atomic E-state index is 5.34. The quantitative estimate of drug-likeness (QED) is 0.733. The van der Waals surface area contributed by atoms with Crippen LogP contribution in [0.25, 0.3) is 0 Å². The minimum atomic E-state index is 0.802. The molecular formula is C15H27N3O.